The van der Waals surface area contributed by atoms with Gasteiger partial charge in [0.1, 0.15) is 0 Å². The van der Waals surface area contributed by atoms with Crippen LogP contribution in [0.5, 0.6) is 0 Å². The molecule has 2 rings (SSSR count). The highest BCUT2D eigenvalue weighted by molar-refractivity contribution is 7.99. The Labute approximate surface area is 95.3 Å². The van der Waals surface area contributed by atoms with Crippen molar-refractivity contribution in [2.24, 2.45) is 0 Å². The summed E-state index contributed by atoms with van der Waals surface area (Å²) in [5.41, 5.74) is 2.17. The summed E-state index contributed by atoms with van der Waals surface area (Å²) in [5.74, 6) is 1.42. The number of ketones is 1. The van der Waals surface area contributed by atoms with Gasteiger partial charge in [0.25, 0.3) is 0 Å². The minimum atomic E-state index is 0.164. The molecule has 1 nitrogen and oxygen atoms in total. The predicted octanol–water partition coefficient (Wildman–Crippen LogP) is 3.85. The molecule has 1 aromatic carbocycles. The Hall–Kier alpha value is -0.760. The molecular weight excluding hydrogens is 204 g/mol. The molecule has 1 heterocycles. The Balaban J connectivity index is 2.19. The van der Waals surface area contributed by atoms with Gasteiger partial charge in [0.05, 0.1) is 0 Å². The van der Waals surface area contributed by atoms with Crippen molar-refractivity contribution in [1.82, 2.24) is 0 Å². The summed E-state index contributed by atoms with van der Waals surface area (Å²) >= 11 is 2.03. The zero-order chi connectivity index (χ0) is 10.7. The van der Waals surface area contributed by atoms with Gasteiger partial charge in [-0.25, -0.2) is 0 Å². The molecule has 0 aromatic heterocycles. The molecule has 0 radical (unpaired) electrons. The molecule has 1 unspecified atom stereocenters. The SMILES string of the molecule is CC(=O)c1cccc(C2CCCCS2)c1. The maximum absolute atomic E-state index is 11.3. The van der Waals surface area contributed by atoms with Gasteiger partial charge in [-0.1, -0.05) is 24.6 Å². The van der Waals surface area contributed by atoms with E-state index in [-0.39, 0.29) is 5.78 Å². The fourth-order valence-corrected chi connectivity index (χ4v) is 3.29. The van der Waals surface area contributed by atoms with Crippen molar-refractivity contribution in [2.45, 2.75) is 31.4 Å². The van der Waals surface area contributed by atoms with Gasteiger partial charge in [0, 0.05) is 10.8 Å². The molecule has 1 saturated heterocycles. The van der Waals surface area contributed by atoms with Gasteiger partial charge in [0.2, 0.25) is 0 Å². The summed E-state index contributed by atoms with van der Waals surface area (Å²) < 4.78 is 0. The third-order valence-electron chi connectivity index (χ3n) is 2.84. The van der Waals surface area contributed by atoms with E-state index in [1.54, 1.807) is 6.92 Å². The van der Waals surface area contributed by atoms with E-state index in [1.165, 1.54) is 30.6 Å². The van der Waals surface area contributed by atoms with Crippen molar-refractivity contribution in [1.29, 1.82) is 0 Å². The highest BCUT2D eigenvalue weighted by Gasteiger charge is 2.16. The molecule has 1 fully saturated rings. The molecule has 1 aliphatic heterocycles. The van der Waals surface area contributed by atoms with Crippen LogP contribution in [0.2, 0.25) is 0 Å². The molecule has 0 N–H and O–H groups in total. The maximum Gasteiger partial charge on any atom is 0.159 e. The normalized spacial score (nSPS) is 21.3. The van der Waals surface area contributed by atoms with Gasteiger partial charge in [-0.2, -0.15) is 11.8 Å². The molecule has 15 heavy (non-hydrogen) atoms. The smallest absolute Gasteiger partial charge is 0.159 e. The number of benzene rings is 1. The topological polar surface area (TPSA) is 17.1 Å². The Morgan fingerprint density at radius 3 is 2.93 bits per heavy atom. The van der Waals surface area contributed by atoms with E-state index in [2.05, 4.69) is 12.1 Å². The Morgan fingerprint density at radius 2 is 2.27 bits per heavy atom. The minimum Gasteiger partial charge on any atom is -0.295 e. The van der Waals surface area contributed by atoms with Crippen molar-refractivity contribution in [3.05, 3.63) is 35.4 Å². The van der Waals surface area contributed by atoms with Crippen LogP contribution in [0.25, 0.3) is 0 Å². The lowest BCUT2D eigenvalue weighted by Gasteiger charge is -2.21. The molecule has 1 aromatic rings. The number of rotatable bonds is 2. The van der Waals surface area contributed by atoms with Crippen LogP contribution < -0.4 is 0 Å². The Morgan fingerprint density at radius 1 is 1.40 bits per heavy atom. The van der Waals surface area contributed by atoms with E-state index in [0.29, 0.717) is 5.25 Å². The van der Waals surface area contributed by atoms with Crippen LogP contribution in [0.1, 0.15) is 47.4 Å². The summed E-state index contributed by atoms with van der Waals surface area (Å²) in [6.45, 7) is 1.63. The van der Waals surface area contributed by atoms with E-state index in [4.69, 9.17) is 0 Å². The largest absolute Gasteiger partial charge is 0.295 e. The monoisotopic (exact) mass is 220 g/mol. The minimum absolute atomic E-state index is 0.164. The molecule has 0 bridgehead atoms. The van der Waals surface area contributed by atoms with Crippen LogP contribution in [-0.4, -0.2) is 11.5 Å². The number of hydrogen-bond donors (Lipinski definition) is 0. The van der Waals surface area contributed by atoms with E-state index < -0.39 is 0 Å². The zero-order valence-corrected chi connectivity index (χ0v) is 9.85. The molecule has 0 spiro atoms. The lowest BCUT2D eigenvalue weighted by atomic mass is 10.0. The first kappa shape index (κ1) is 10.7. The molecular formula is C13H16OS. The summed E-state index contributed by atoms with van der Waals surface area (Å²) in [4.78, 5) is 11.3. The van der Waals surface area contributed by atoms with Crippen LogP contribution in [0.4, 0.5) is 0 Å². The van der Waals surface area contributed by atoms with E-state index in [0.717, 1.165) is 5.56 Å². The number of Topliss-reactive ketones (excluding diaryl/α,β-unsaturated/α-hetero) is 1. The lowest BCUT2D eigenvalue weighted by molar-refractivity contribution is 0.101. The fraction of sp³-hybridized carbons (Fsp3) is 0.462. The van der Waals surface area contributed by atoms with E-state index in [9.17, 15) is 4.79 Å². The van der Waals surface area contributed by atoms with Gasteiger partial charge in [0.15, 0.2) is 5.78 Å². The standard InChI is InChI=1S/C13H16OS/c1-10(14)11-5-4-6-12(9-11)13-7-2-3-8-15-13/h4-6,9,13H,2-3,7-8H2,1H3. The number of carbonyl (C=O) groups is 1. The molecule has 80 valence electrons. The molecule has 2 heteroatoms. The predicted molar refractivity (Wildman–Crippen MR) is 65.5 cm³/mol. The highest BCUT2D eigenvalue weighted by atomic mass is 32.2. The fourth-order valence-electron chi connectivity index (χ4n) is 1.96. The molecule has 1 aliphatic rings. The first-order chi connectivity index (χ1) is 7.27. The molecule has 1 atom stereocenters. The third-order valence-corrected chi connectivity index (χ3v) is 4.28. The van der Waals surface area contributed by atoms with Crippen LogP contribution in [0.15, 0.2) is 24.3 Å². The highest BCUT2D eigenvalue weighted by Crippen LogP contribution is 2.38. The molecule has 0 aliphatic carbocycles. The number of hydrogen-bond acceptors (Lipinski definition) is 2. The van der Waals surface area contributed by atoms with Crippen molar-refractivity contribution < 1.29 is 4.79 Å². The van der Waals surface area contributed by atoms with Crippen molar-refractivity contribution in [2.75, 3.05) is 5.75 Å². The second kappa shape index (κ2) is 4.84. The van der Waals surface area contributed by atoms with Gasteiger partial charge in [-0.15, -0.1) is 0 Å². The van der Waals surface area contributed by atoms with Gasteiger partial charge in [-0.3, -0.25) is 4.79 Å². The van der Waals surface area contributed by atoms with Crippen LogP contribution in [0.3, 0.4) is 0 Å². The van der Waals surface area contributed by atoms with Crippen LogP contribution >= 0.6 is 11.8 Å². The Kier molecular flexibility index (Phi) is 3.47. The van der Waals surface area contributed by atoms with Crippen molar-refractivity contribution in [3.63, 3.8) is 0 Å². The quantitative estimate of drug-likeness (QED) is 0.704. The average molecular weight is 220 g/mol. The third kappa shape index (κ3) is 2.63. The first-order valence-electron chi connectivity index (χ1n) is 5.50. The number of thioether (sulfide) groups is 1. The van der Waals surface area contributed by atoms with E-state index in [1.807, 2.05) is 23.9 Å². The molecule has 0 saturated carbocycles. The second-order valence-electron chi connectivity index (χ2n) is 4.04. The number of carbonyl (C=O) groups excluding carboxylic acids is 1. The van der Waals surface area contributed by atoms with E-state index >= 15 is 0 Å². The Bertz CT molecular complexity index is 353. The van der Waals surface area contributed by atoms with Crippen molar-refractivity contribution in [3.8, 4) is 0 Å². The molecule has 0 amide bonds. The summed E-state index contributed by atoms with van der Waals surface area (Å²) in [6.07, 6.45) is 3.92. The first-order valence-corrected chi connectivity index (χ1v) is 6.55. The summed E-state index contributed by atoms with van der Waals surface area (Å²) in [5, 5.41) is 0.609. The van der Waals surface area contributed by atoms with Gasteiger partial charge < -0.3 is 0 Å². The van der Waals surface area contributed by atoms with Crippen LogP contribution in [-0.2, 0) is 0 Å². The van der Waals surface area contributed by atoms with Gasteiger partial charge >= 0.3 is 0 Å². The maximum atomic E-state index is 11.3. The lowest BCUT2D eigenvalue weighted by Crippen LogP contribution is -2.03. The average Bonchev–Trinajstić information content (AvgIpc) is 2.30. The van der Waals surface area contributed by atoms with Crippen LogP contribution in [0, 0.1) is 0 Å². The second-order valence-corrected chi connectivity index (χ2v) is 5.35. The van der Waals surface area contributed by atoms with Gasteiger partial charge in [-0.05, 0) is 37.1 Å². The summed E-state index contributed by atoms with van der Waals surface area (Å²) in [7, 11) is 0. The zero-order valence-electron chi connectivity index (χ0n) is 9.03. The summed E-state index contributed by atoms with van der Waals surface area (Å²) in [6, 6.07) is 8.11. The van der Waals surface area contributed by atoms with Crippen molar-refractivity contribution >= 4 is 17.5 Å².